The Hall–Kier alpha value is -4.87. The van der Waals surface area contributed by atoms with Crippen molar-refractivity contribution < 1.29 is 9.47 Å². The molecule has 5 aromatic rings. The Morgan fingerprint density at radius 2 is 1.86 bits per heavy atom. The number of anilines is 3. The Labute approximate surface area is 211 Å². The molecule has 0 saturated carbocycles. The molecule has 36 heavy (non-hydrogen) atoms. The molecule has 8 nitrogen and oxygen atoms in total. The Morgan fingerprint density at radius 3 is 2.67 bits per heavy atom. The number of fused-ring (bicyclic) bond motifs is 1. The van der Waals surface area contributed by atoms with Gasteiger partial charge in [0, 0.05) is 41.1 Å². The highest BCUT2D eigenvalue weighted by molar-refractivity contribution is 6.30. The maximum Gasteiger partial charge on any atom is 0.215 e. The molecule has 0 atom stereocenters. The molecular formula is C27H19ClN6O2. The van der Waals surface area contributed by atoms with Crippen molar-refractivity contribution in [1.82, 2.24) is 15.0 Å². The number of hydrogen-bond donors (Lipinski definition) is 2. The van der Waals surface area contributed by atoms with E-state index in [1.54, 1.807) is 54.9 Å². The maximum absolute atomic E-state index is 9.71. The SMILES string of the molecule is N#Cc1cnc2cc(Oc3ccncc3)c(N)cc2c1Nc1cccc(OCc2cccc(Cl)c2)n1. The quantitative estimate of drug-likeness (QED) is 0.255. The summed E-state index contributed by atoms with van der Waals surface area (Å²) in [5.74, 6) is 1.97. The van der Waals surface area contributed by atoms with Crippen LogP contribution in [-0.4, -0.2) is 15.0 Å². The van der Waals surface area contributed by atoms with Crippen molar-refractivity contribution in [3.8, 4) is 23.4 Å². The number of hydrogen-bond acceptors (Lipinski definition) is 8. The van der Waals surface area contributed by atoms with Crippen molar-refractivity contribution in [2.24, 2.45) is 0 Å². The van der Waals surface area contributed by atoms with Crippen molar-refractivity contribution in [2.45, 2.75) is 6.61 Å². The predicted octanol–water partition coefficient (Wildman–Crippen LogP) is 6.25. The van der Waals surface area contributed by atoms with E-state index in [0.29, 0.717) is 62.7 Å². The third-order valence-electron chi connectivity index (χ3n) is 5.25. The van der Waals surface area contributed by atoms with Crippen LogP contribution in [0.15, 0.2) is 85.3 Å². The summed E-state index contributed by atoms with van der Waals surface area (Å²) in [7, 11) is 0. The summed E-state index contributed by atoms with van der Waals surface area (Å²) in [5.41, 5.74) is 9.09. The van der Waals surface area contributed by atoms with Crippen LogP contribution < -0.4 is 20.5 Å². The second-order valence-corrected chi connectivity index (χ2v) is 8.19. The van der Waals surface area contributed by atoms with Crippen molar-refractivity contribution in [1.29, 1.82) is 5.26 Å². The maximum atomic E-state index is 9.71. The third-order valence-corrected chi connectivity index (χ3v) is 5.48. The monoisotopic (exact) mass is 494 g/mol. The number of nitriles is 1. The molecule has 0 saturated heterocycles. The van der Waals surface area contributed by atoms with E-state index in [-0.39, 0.29) is 0 Å². The highest BCUT2D eigenvalue weighted by atomic mass is 35.5. The Kier molecular flexibility index (Phi) is 6.47. The van der Waals surface area contributed by atoms with Crippen LogP contribution in [0.5, 0.6) is 17.4 Å². The fourth-order valence-electron chi connectivity index (χ4n) is 3.55. The van der Waals surface area contributed by atoms with Crippen molar-refractivity contribution >= 4 is 39.7 Å². The highest BCUT2D eigenvalue weighted by Crippen LogP contribution is 2.36. The first-order valence-corrected chi connectivity index (χ1v) is 11.3. The summed E-state index contributed by atoms with van der Waals surface area (Å²) in [4.78, 5) is 12.9. The lowest BCUT2D eigenvalue weighted by atomic mass is 10.1. The highest BCUT2D eigenvalue weighted by Gasteiger charge is 2.14. The molecule has 5 rings (SSSR count). The summed E-state index contributed by atoms with van der Waals surface area (Å²) in [6, 6.07) is 21.9. The zero-order valence-corrected chi connectivity index (χ0v) is 19.6. The van der Waals surface area contributed by atoms with Crippen LogP contribution in [0.3, 0.4) is 0 Å². The molecule has 0 radical (unpaired) electrons. The van der Waals surface area contributed by atoms with Gasteiger partial charge in [0.05, 0.1) is 22.5 Å². The van der Waals surface area contributed by atoms with E-state index in [2.05, 4.69) is 26.3 Å². The fourth-order valence-corrected chi connectivity index (χ4v) is 3.77. The number of rotatable bonds is 7. The van der Waals surface area contributed by atoms with E-state index >= 15 is 0 Å². The van der Waals surface area contributed by atoms with E-state index in [1.807, 2.05) is 24.3 Å². The smallest absolute Gasteiger partial charge is 0.215 e. The molecule has 0 aliphatic heterocycles. The van der Waals surface area contributed by atoms with E-state index < -0.39 is 0 Å². The molecule has 176 valence electrons. The minimum absolute atomic E-state index is 0.315. The van der Waals surface area contributed by atoms with Crippen LogP contribution >= 0.6 is 11.6 Å². The third kappa shape index (κ3) is 5.12. The second-order valence-electron chi connectivity index (χ2n) is 7.76. The van der Waals surface area contributed by atoms with E-state index in [9.17, 15) is 5.26 Å². The number of benzene rings is 2. The average Bonchev–Trinajstić information content (AvgIpc) is 2.89. The van der Waals surface area contributed by atoms with Gasteiger partial charge in [-0.1, -0.05) is 29.8 Å². The minimum Gasteiger partial charge on any atom is -0.473 e. The standard InChI is InChI=1S/C27H19ClN6O2/c28-19-4-1-3-17(11-19)16-35-26-6-2-5-25(33-26)34-27-18(14-29)15-32-23-13-24(22(30)12-21(23)27)36-20-7-9-31-10-8-20/h1-13,15H,16,30H2,(H,32,33,34). The molecule has 2 aromatic carbocycles. The first kappa shape index (κ1) is 22.9. The predicted molar refractivity (Wildman–Crippen MR) is 138 cm³/mol. The summed E-state index contributed by atoms with van der Waals surface area (Å²) in [6.07, 6.45) is 4.76. The number of nitrogens with two attached hydrogens (primary N) is 1. The summed E-state index contributed by atoms with van der Waals surface area (Å²) in [5, 5.41) is 14.2. The van der Waals surface area contributed by atoms with Crippen LogP contribution in [0, 0.1) is 11.3 Å². The van der Waals surface area contributed by atoms with Gasteiger partial charge in [0.1, 0.15) is 24.2 Å². The van der Waals surface area contributed by atoms with Crippen LogP contribution in [-0.2, 0) is 6.61 Å². The molecule has 3 N–H and O–H groups in total. The molecule has 0 fully saturated rings. The van der Waals surface area contributed by atoms with E-state index in [0.717, 1.165) is 5.56 Å². The number of ether oxygens (including phenoxy) is 2. The molecule has 3 heterocycles. The van der Waals surface area contributed by atoms with Gasteiger partial charge < -0.3 is 20.5 Å². The van der Waals surface area contributed by atoms with Crippen LogP contribution in [0.4, 0.5) is 17.2 Å². The zero-order chi connectivity index (χ0) is 24.9. The number of nitrogens with one attached hydrogen (secondary N) is 1. The number of nitrogen functional groups attached to an aromatic ring is 1. The zero-order valence-electron chi connectivity index (χ0n) is 18.9. The second kappa shape index (κ2) is 10.2. The molecule has 9 heteroatoms. The topological polar surface area (TPSA) is 119 Å². The van der Waals surface area contributed by atoms with Gasteiger partial charge >= 0.3 is 0 Å². The van der Waals surface area contributed by atoms with Gasteiger partial charge in [0.2, 0.25) is 5.88 Å². The lowest BCUT2D eigenvalue weighted by Gasteiger charge is -2.14. The Morgan fingerprint density at radius 1 is 1.03 bits per heavy atom. The largest absolute Gasteiger partial charge is 0.473 e. The van der Waals surface area contributed by atoms with Crippen LogP contribution in [0.1, 0.15) is 11.1 Å². The van der Waals surface area contributed by atoms with Gasteiger partial charge in [-0.15, -0.1) is 0 Å². The number of nitrogens with zero attached hydrogens (tertiary/aromatic N) is 4. The molecule has 0 unspecified atom stereocenters. The summed E-state index contributed by atoms with van der Waals surface area (Å²) >= 11 is 6.05. The van der Waals surface area contributed by atoms with Crippen molar-refractivity contribution in [2.75, 3.05) is 11.1 Å². The fraction of sp³-hybridized carbons (Fsp3) is 0.0370. The van der Waals surface area contributed by atoms with Gasteiger partial charge in [-0.05, 0) is 42.0 Å². The first-order chi connectivity index (χ1) is 17.6. The van der Waals surface area contributed by atoms with Gasteiger partial charge in [-0.3, -0.25) is 9.97 Å². The molecule has 0 aliphatic carbocycles. The lowest BCUT2D eigenvalue weighted by molar-refractivity contribution is 0.294. The molecular weight excluding hydrogens is 476 g/mol. The normalized spacial score (nSPS) is 10.6. The number of halogens is 1. The average molecular weight is 495 g/mol. The molecule has 0 aliphatic rings. The van der Waals surface area contributed by atoms with Crippen molar-refractivity contribution in [3.05, 3.63) is 101 Å². The van der Waals surface area contributed by atoms with E-state index in [1.165, 1.54) is 6.20 Å². The number of pyridine rings is 3. The molecule has 0 spiro atoms. The lowest BCUT2D eigenvalue weighted by Crippen LogP contribution is -2.02. The minimum atomic E-state index is 0.315. The number of aromatic nitrogens is 3. The molecule has 0 amide bonds. The Bertz CT molecular complexity index is 1590. The molecule has 3 aromatic heterocycles. The first-order valence-electron chi connectivity index (χ1n) is 10.9. The summed E-state index contributed by atoms with van der Waals surface area (Å²) < 4.78 is 11.7. The van der Waals surface area contributed by atoms with Crippen LogP contribution in [0.25, 0.3) is 10.9 Å². The van der Waals surface area contributed by atoms with Crippen molar-refractivity contribution in [3.63, 3.8) is 0 Å². The van der Waals surface area contributed by atoms with Gasteiger partial charge in [-0.25, -0.2) is 0 Å². The summed E-state index contributed by atoms with van der Waals surface area (Å²) in [6.45, 7) is 0.315. The van der Waals surface area contributed by atoms with Crippen LogP contribution in [0.2, 0.25) is 5.02 Å². The molecule has 0 bridgehead atoms. The van der Waals surface area contributed by atoms with Gasteiger partial charge in [-0.2, -0.15) is 10.2 Å². The van der Waals surface area contributed by atoms with Gasteiger partial charge in [0.25, 0.3) is 0 Å². The Balaban J connectivity index is 1.43. The van der Waals surface area contributed by atoms with Gasteiger partial charge in [0.15, 0.2) is 5.75 Å². The van der Waals surface area contributed by atoms with E-state index in [4.69, 9.17) is 26.8 Å².